The Hall–Kier alpha value is -1.14. The molecule has 1 aromatic rings. The van der Waals surface area contributed by atoms with Crippen LogP contribution >= 0.6 is 11.3 Å². The number of nitrogens with zero attached hydrogens (tertiary/aromatic N) is 1. The Bertz CT molecular complexity index is 352. The maximum atomic E-state index is 11.5. The summed E-state index contributed by atoms with van der Waals surface area (Å²) in [5, 5.41) is 5.12. The van der Waals surface area contributed by atoms with Gasteiger partial charge in [0.15, 0.2) is 5.13 Å². The second-order valence-electron chi connectivity index (χ2n) is 3.98. The molecule has 1 amide bonds. The van der Waals surface area contributed by atoms with E-state index in [0.717, 1.165) is 12.1 Å². The quantitative estimate of drug-likeness (QED) is 0.720. The first-order valence-corrected chi connectivity index (χ1v) is 6.54. The van der Waals surface area contributed by atoms with E-state index in [9.17, 15) is 4.79 Å². The van der Waals surface area contributed by atoms with E-state index >= 15 is 0 Å². The van der Waals surface area contributed by atoms with Crippen molar-refractivity contribution in [2.75, 3.05) is 18.9 Å². The van der Waals surface area contributed by atoms with Gasteiger partial charge >= 0.3 is 0 Å². The number of nitrogen functional groups attached to an aromatic ring is 1. The zero-order valence-corrected chi connectivity index (χ0v) is 11.0. The molecule has 0 aliphatic carbocycles. The highest BCUT2D eigenvalue weighted by Gasteiger charge is 2.05. The van der Waals surface area contributed by atoms with E-state index in [1.165, 1.54) is 11.3 Å². The lowest BCUT2D eigenvalue weighted by Crippen LogP contribution is -2.27. The standard InChI is InChI=1S/C11H19N3O2S/c1-8(2)16-5-3-4-13-10(15)6-9-7-17-11(12)14-9/h7-8H,3-6H2,1-2H3,(H2,12,14)(H,13,15). The minimum absolute atomic E-state index is 0.0279. The zero-order chi connectivity index (χ0) is 12.7. The number of hydrogen-bond acceptors (Lipinski definition) is 5. The third kappa shape index (κ3) is 6.23. The van der Waals surface area contributed by atoms with Gasteiger partial charge in [0.05, 0.1) is 18.2 Å². The van der Waals surface area contributed by atoms with E-state index in [1.807, 2.05) is 13.8 Å². The van der Waals surface area contributed by atoms with Gasteiger partial charge in [-0.05, 0) is 20.3 Å². The van der Waals surface area contributed by atoms with E-state index in [4.69, 9.17) is 10.5 Å². The smallest absolute Gasteiger partial charge is 0.226 e. The van der Waals surface area contributed by atoms with Crippen LogP contribution in [0.15, 0.2) is 5.38 Å². The van der Waals surface area contributed by atoms with Crippen molar-refractivity contribution in [1.82, 2.24) is 10.3 Å². The predicted molar refractivity (Wildman–Crippen MR) is 68.9 cm³/mol. The van der Waals surface area contributed by atoms with Gasteiger partial charge in [-0.2, -0.15) is 0 Å². The van der Waals surface area contributed by atoms with Gasteiger partial charge in [-0.15, -0.1) is 11.3 Å². The highest BCUT2D eigenvalue weighted by molar-refractivity contribution is 7.13. The second kappa shape index (κ2) is 7.24. The summed E-state index contributed by atoms with van der Waals surface area (Å²) in [6.07, 6.45) is 1.35. The molecule has 1 rings (SSSR count). The number of carbonyl (C=O) groups excluding carboxylic acids is 1. The lowest BCUT2D eigenvalue weighted by Gasteiger charge is -2.07. The van der Waals surface area contributed by atoms with E-state index < -0.39 is 0 Å². The molecule has 17 heavy (non-hydrogen) atoms. The fraction of sp³-hybridized carbons (Fsp3) is 0.636. The molecule has 0 saturated heterocycles. The van der Waals surface area contributed by atoms with Crippen molar-refractivity contribution < 1.29 is 9.53 Å². The number of carbonyl (C=O) groups is 1. The molecule has 0 unspecified atom stereocenters. The van der Waals surface area contributed by atoms with Crippen molar-refractivity contribution in [3.63, 3.8) is 0 Å². The molecule has 96 valence electrons. The number of thiazole rings is 1. The normalized spacial score (nSPS) is 10.8. The lowest BCUT2D eigenvalue weighted by atomic mass is 10.3. The average Bonchev–Trinajstić information content (AvgIpc) is 2.63. The summed E-state index contributed by atoms with van der Waals surface area (Å²) in [5.74, 6) is -0.0279. The van der Waals surface area contributed by atoms with Crippen molar-refractivity contribution in [3.8, 4) is 0 Å². The van der Waals surface area contributed by atoms with Crippen molar-refractivity contribution in [3.05, 3.63) is 11.1 Å². The summed E-state index contributed by atoms with van der Waals surface area (Å²) in [7, 11) is 0. The Morgan fingerprint density at radius 3 is 3.00 bits per heavy atom. The fourth-order valence-corrected chi connectivity index (χ4v) is 1.81. The number of ether oxygens (including phenoxy) is 1. The van der Waals surface area contributed by atoms with Gasteiger partial charge in [-0.25, -0.2) is 4.98 Å². The monoisotopic (exact) mass is 257 g/mol. The van der Waals surface area contributed by atoms with Gasteiger partial charge in [0, 0.05) is 18.5 Å². The molecule has 0 saturated carbocycles. The highest BCUT2D eigenvalue weighted by Crippen LogP contribution is 2.11. The number of aromatic nitrogens is 1. The third-order valence-corrected chi connectivity index (χ3v) is 2.73. The lowest BCUT2D eigenvalue weighted by molar-refractivity contribution is -0.120. The number of anilines is 1. The van der Waals surface area contributed by atoms with Gasteiger partial charge in [0.1, 0.15) is 0 Å². The molecule has 0 aliphatic rings. The van der Waals surface area contributed by atoms with Crippen molar-refractivity contribution >= 4 is 22.4 Å². The van der Waals surface area contributed by atoms with E-state index in [2.05, 4.69) is 10.3 Å². The molecule has 1 heterocycles. The molecule has 0 aromatic carbocycles. The Kier molecular flexibility index (Phi) is 5.93. The predicted octanol–water partition coefficient (Wildman–Crippen LogP) is 1.20. The van der Waals surface area contributed by atoms with Crippen molar-refractivity contribution in [2.24, 2.45) is 0 Å². The fourth-order valence-electron chi connectivity index (χ4n) is 1.25. The van der Waals surface area contributed by atoms with Gasteiger partial charge in [0.2, 0.25) is 5.91 Å². The van der Waals surface area contributed by atoms with Crippen LogP contribution in [0.4, 0.5) is 5.13 Å². The molecule has 0 atom stereocenters. The molecule has 0 radical (unpaired) electrons. The first-order valence-electron chi connectivity index (χ1n) is 5.66. The second-order valence-corrected chi connectivity index (χ2v) is 4.87. The topological polar surface area (TPSA) is 77.2 Å². The number of amides is 1. The summed E-state index contributed by atoms with van der Waals surface area (Å²) >= 11 is 1.35. The van der Waals surface area contributed by atoms with Crippen LogP contribution in [-0.4, -0.2) is 30.1 Å². The van der Waals surface area contributed by atoms with Crippen LogP contribution < -0.4 is 11.1 Å². The summed E-state index contributed by atoms with van der Waals surface area (Å²) in [6.45, 7) is 5.28. The number of nitrogens with two attached hydrogens (primary N) is 1. The van der Waals surface area contributed by atoms with Gasteiger partial charge in [-0.3, -0.25) is 4.79 Å². The summed E-state index contributed by atoms with van der Waals surface area (Å²) in [6, 6.07) is 0. The van der Waals surface area contributed by atoms with Crippen LogP contribution in [0, 0.1) is 0 Å². The SMILES string of the molecule is CC(C)OCCCNC(=O)Cc1csc(N)n1. The summed E-state index contributed by atoms with van der Waals surface area (Å²) in [5.41, 5.74) is 6.21. The van der Waals surface area contributed by atoms with Crippen LogP contribution in [-0.2, 0) is 16.0 Å². The van der Waals surface area contributed by atoms with Crippen LogP contribution in [0.5, 0.6) is 0 Å². The Balaban J connectivity index is 2.09. The average molecular weight is 257 g/mol. The molecule has 0 bridgehead atoms. The minimum atomic E-state index is -0.0279. The molecule has 6 heteroatoms. The summed E-state index contributed by atoms with van der Waals surface area (Å²) in [4.78, 5) is 15.5. The van der Waals surface area contributed by atoms with Gasteiger partial charge in [-0.1, -0.05) is 0 Å². The zero-order valence-electron chi connectivity index (χ0n) is 10.2. The maximum absolute atomic E-state index is 11.5. The number of rotatable bonds is 7. The van der Waals surface area contributed by atoms with Crippen molar-refractivity contribution in [1.29, 1.82) is 0 Å². The van der Waals surface area contributed by atoms with Crippen LogP contribution in [0.1, 0.15) is 26.0 Å². The van der Waals surface area contributed by atoms with Crippen LogP contribution in [0.2, 0.25) is 0 Å². The Morgan fingerprint density at radius 1 is 1.65 bits per heavy atom. The van der Waals surface area contributed by atoms with Gasteiger partial charge in [0.25, 0.3) is 0 Å². The molecule has 0 fully saturated rings. The van der Waals surface area contributed by atoms with E-state index in [1.54, 1.807) is 5.38 Å². The van der Waals surface area contributed by atoms with Crippen LogP contribution in [0.3, 0.4) is 0 Å². The first kappa shape index (κ1) is 13.9. The van der Waals surface area contributed by atoms with E-state index in [-0.39, 0.29) is 12.0 Å². The molecular weight excluding hydrogens is 238 g/mol. The van der Waals surface area contributed by atoms with Crippen molar-refractivity contribution in [2.45, 2.75) is 32.8 Å². The maximum Gasteiger partial charge on any atom is 0.226 e. The van der Waals surface area contributed by atoms with Gasteiger partial charge < -0.3 is 15.8 Å². The highest BCUT2D eigenvalue weighted by atomic mass is 32.1. The minimum Gasteiger partial charge on any atom is -0.379 e. The molecule has 1 aromatic heterocycles. The summed E-state index contributed by atoms with van der Waals surface area (Å²) < 4.78 is 5.37. The largest absolute Gasteiger partial charge is 0.379 e. The Morgan fingerprint density at radius 2 is 2.41 bits per heavy atom. The number of hydrogen-bond donors (Lipinski definition) is 2. The molecule has 5 nitrogen and oxygen atoms in total. The van der Waals surface area contributed by atoms with E-state index in [0.29, 0.717) is 24.7 Å². The molecule has 0 spiro atoms. The molecule has 3 N–H and O–H groups in total. The molecule has 0 aliphatic heterocycles. The van der Waals surface area contributed by atoms with Crippen LogP contribution in [0.25, 0.3) is 0 Å². The first-order chi connectivity index (χ1) is 8.08. The Labute approximate surface area is 105 Å². The number of nitrogens with one attached hydrogen (secondary N) is 1. The third-order valence-electron chi connectivity index (χ3n) is 2.01. The molecular formula is C11H19N3O2S.